The first-order chi connectivity index (χ1) is 15.5. The molecule has 32 heavy (non-hydrogen) atoms. The van der Waals surface area contributed by atoms with Crippen LogP contribution in [0.4, 0.5) is 11.4 Å². The van der Waals surface area contributed by atoms with Gasteiger partial charge in [-0.3, -0.25) is 19.4 Å². The molecule has 1 aliphatic rings. The molecule has 7 nitrogen and oxygen atoms in total. The van der Waals surface area contributed by atoms with Crippen LogP contribution in [0.15, 0.2) is 79.3 Å². The molecule has 1 atom stereocenters. The highest BCUT2D eigenvalue weighted by atomic mass is 16.2. The number of carbonyl (C=O) groups is 3. The van der Waals surface area contributed by atoms with Gasteiger partial charge in [-0.1, -0.05) is 30.3 Å². The van der Waals surface area contributed by atoms with Crippen LogP contribution < -0.4 is 10.6 Å². The largest absolute Gasteiger partial charge is 0.326 e. The number of amides is 3. The van der Waals surface area contributed by atoms with Crippen LogP contribution in [0.5, 0.6) is 0 Å². The first kappa shape index (κ1) is 21.0. The summed E-state index contributed by atoms with van der Waals surface area (Å²) in [5.41, 5.74) is 3.52. The fourth-order valence-corrected chi connectivity index (χ4v) is 3.68. The van der Waals surface area contributed by atoms with Crippen LogP contribution in [0.1, 0.15) is 40.9 Å². The minimum absolute atomic E-state index is 0.106. The summed E-state index contributed by atoms with van der Waals surface area (Å²) in [5, 5.41) is 5.68. The summed E-state index contributed by atoms with van der Waals surface area (Å²) in [4.78, 5) is 42.8. The molecular formula is C25H22N4O3. The quantitative estimate of drug-likeness (QED) is 0.639. The van der Waals surface area contributed by atoms with Crippen molar-refractivity contribution in [3.63, 3.8) is 0 Å². The Labute approximate surface area is 185 Å². The average molecular weight is 426 g/mol. The van der Waals surface area contributed by atoms with Crippen molar-refractivity contribution >= 4 is 35.2 Å². The highest BCUT2D eigenvalue weighted by Gasteiger charge is 2.28. The number of carbonyl (C=O) groups excluding carboxylic acids is 3. The number of pyridine rings is 1. The van der Waals surface area contributed by atoms with E-state index < -0.39 is 0 Å². The number of hydrogen-bond acceptors (Lipinski definition) is 4. The molecule has 0 radical (unpaired) electrons. The molecule has 0 aliphatic carbocycles. The summed E-state index contributed by atoms with van der Waals surface area (Å²) in [6, 6.07) is 17.5. The van der Waals surface area contributed by atoms with Crippen molar-refractivity contribution < 1.29 is 14.4 Å². The Bertz CT molecular complexity index is 1190. The van der Waals surface area contributed by atoms with Gasteiger partial charge in [-0.05, 0) is 47.5 Å². The number of fused-ring (bicyclic) bond motifs is 1. The van der Waals surface area contributed by atoms with Crippen LogP contribution in [0.3, 0.4) is 0 Å². The summed E-state index contributed by atoms with van der Waals surface area (Å²) in [7, 11) is 0. The van der Waals surface area contributed by atoms with E-state index in [1.54, 1.807) is 59.9 Å². The summed E-state index contributed by atoms with van der Waals surface area (Å²) in [6.45, 7) is 1.48. The van der Waals surface area contributed by atoms with Crippen molar-refractivity contribution in [3.05, 3.63) is 95.9 Å². The second kappa shape index (κ2) is 9.26. The molecule has 7 heteroatoms. The molecule has 4 rings (SSSR count). The monoisotopic (exact) mass is 426 g/mol. The van der Waals surface area contributed by atoms with Gasteiger partial charge in [0.05, 0.1) is 12.5 Å². The normalized spacial score (nSPS) is 14.4. The maximum atomic E-state index is 12.8. The van der Waals surface area contributed by atoms with Gasteiger partial charge in [0.1, 0.15) is 0 Å². The Morgan fingerprint density at radius 1 is 0.938 bits per heavy atom. The van der Waals surface area contributed by atoms with Gasteiger partial charge >= 0.3 is 0 Å². The fraction of sp³-hybridized carbons (Fsp3) is 0.120. The number of nitrogens with one attached hydrogen (secondary N) is 2. The number of rotatable bonds is 5. The van der Waals surface area contributed by atoms with Crippen molar-refractivity contribution in [2.75, 3.05) is 10.6 Å². The van der Waals surface area contributed by atoms with Gasteiger partial charge in [0.15, 0.2) is 0 Å². The SMILES string of the molecule is CC(=O)N1C=Cc2ccccc2[C@H]1CC(=O)Nc1cccc(NC(=O)c2ccncc2)c1. The van der Waals surface area contributed by atoms with Crippen molar-refractivity contribution in [3.8, 4) is 0 Å². The summed E-state index contributed by atoms with van der Waals surface area (Å²) >= 11 is 0. The Morgan fingerprint density at radius 2 is 1.66 bits per heavy atom. The zero-order valence-corrected chi connectivity index (χ0v) is 17.5. The number of anilines is 2. The number of hydrogen-bond donors (Lipinski definition) is 2. The van der Waals surface area contributed by atoms with Crippen molar-refractivity contribution in [2.45, 2.75) is 19.4 Å². The fourth-order valence-electron chi connectivity index (χ4n) is 3.68. The zero-order valence-electron chi connectivity index (χ0n) is 17.5. The van der Waals surface area contributed by atoms with Gasteiger partial charge in [0.2, 0.25) is 11.8 Å². The Kier molecular flexibility index (Phi) is 6.07. The van der Waals surface area contributed by atoms with Crippen LogP contribution in [0, 0.1) is 0 Å². The first-order valence-electron chi connectivity index (χ1n) is 10.2. The molecule has 2 heterocycles. The van der Waals surface area contributed by atoms with Gasteiger partial charge in [0.25, 0.3) is 5.91 Å². The lowest BCUT2D eigenvalue weighted by atomic mass is 9.93. The topological polar surface area (TPSA) is 91.4 Å². The van der Waals surface area contributed by atoms with Crippen LogP contribution in [0.25, 0.3) is 6.08 Å². The third-order valence-corrected chi connectivity index (χ3v) is 5.19. The molecule has 0 spiro atoms. The van der Waals surface area contributed by atoms with Gasteiger partial charge in [-0.15, -0.1) is 0 Å². The Morgan fingerprint density at radius 3 is 2.41 bits per heavy atom. The molecule has 1 aliphatic heterocycles. The lowest BCUT2D eigenvalue weighted by molar-refractivity contribution is -0.129. The Balaban J connectivity index is 1.46. The third kappa shape index (κ3) is 4.73. The van der Waals surface area contributed by atoms with Crippen molar-refractivity contribution in [2.24, 2.45) is 0 Å². The van der Waals surface area contributed by atoms with Crippen LogP contribution in [-0.2, 0) is 9.59 Å². The maximum Gasteiger partial charge on any atom is 0.255 e. The second-order valence-corrected chi connectivity index (χ2v) is 7.41. The van der Waals surface area contributed by atoms with Gasteiger partial charge in [0, 0.05) is 42.5 Å². The lowest BCUT2D eigenvalue weighted by Crippen LogP contribution is -2.33. The van der Waals surface area contributed by atoms with E-state index in [0.29, 0.717) is 16.9 Å². The molecule has 0 saturated heterocycles. The highest BCUT2D eigenvalue weighted by molar-refractivity contribution is 6.04. The molecular weight excluding hydrogens is 404 g/mol. The molecule has 0 bridgehead atoms. The second-order valence-electron chi connectivity index (χ2n) is 7.41. The number of nitrogens with zero attached hydrogens (tertiary/aromatic N) is 2. The van der Waals surface area contributed by atoms with E-state index >= 15 is 0 Å². The summed E-state index contributed by atoms with van der Waals surface area (Å²) in [6.07, 6.45) is 6.80. The van der Waals surface area contributed by atoms with Crippen molar-refractivity contribution in [1.82, 2.24) is 9.88 Å². The number of benzene rings is 2. The van der Waals surface area contributed by atoms with E-state index in [-0.39, 0.29) is 30.2 Å². The number of aromatic nitrogens is 1. The smallest absolute Gasteiger partial charge is 0.255 e. The minimum atomic E-state index is -0.386. The molecule has 160 valence electrons. The van der Waals surface area contributed by atoms with E-state index in [4.69, 9.17) is 0 Å². The van der Waals surface area contributed by atoms with E-state index in [1.807, 2.05) is 30.3 Å². The predicted octanol–water partition coefficient (Wildman–Crippen LogP) is 4.24. The molecule has 3 amide bonds. The molecule has 0 fully saturated rings. The van der Waals surface area contributed by atoms with E-state index in [1.165, 1.54) is 6.92 Å². The van der Waals surface area contributed by atoms with Crippen LogP contribution in [0.2, 0.25) is 0 Å². The minimum Gasteiger partial charge on any atom is -0.326 e. The molecule has 0 saturated carbocycles. The van der Waals surface area contributed by atoms with Crippen LogP contribution in [-0.4, -0.2) is 27.6 Å². The molecule has 0 unspecified atom stereocenters. The van der Waals surface area contributed by atoms with Crippen molar-refractivity contribution in [1.29, 1.82) is 0 Å². The standard InChI is InChI=1S/C25H22N4O3/c1-17(30)29-14-11-18-5-2-3-8-22(18)23(29)16-24(31)27-20-6-4-7-21(15-20)28-25(32)19-9-12-26-13-10-19/h2-15,23H,16H2,1H3,(H,27,31)(H,28,32)/t23-/m1/s1. The Hall–Kier alpha value is -4.26. The van der Waals surface area contributed by atoms with E-state index in [2.05, 4.69) is 15.6 Å². The highest BCUT2D eigenvalue weighted by Crippen LogP contribution is 2.33. The zero-order chi connectivity index (χ0) is 22.5. The molecule has 1 aromatic heterocycles. The molecule has 3 aromatic rings. The van der Waals surface area contributed by atoms with E-state index in [0.717, 1.165) is 11.1 Å². The lowest BCUT2D eigenvalue weighted by Gasteiger charge is -2.32. The van der Waals surface area contributed by atoms with E-state index in [9.17, 15) is 14.4 Å². The predicted molar refractivity (Wildman–Crippen MR) is 123 cm³/mol. The van der Waals surface area contributed by atoms with Gasteiger partial charge in [-0.2, -0.15) is 0 Å². The van der Waals surface area contributed by atoms with Gasteiger partial charge in [-0.25, -0.2) is 0 Å². The first-order valence-corrected chi connectivity index (χ1v) is 10.2. The molecule has 2 aromatic carbocycles. The summed E-state index contributed by atoms with van der Waals surface area (Å²) < 4.78 is 0. The third-order valence-electron chi connectivity index (χ3n) is 5.19. The summed E-state index contributed by atoms with van der Waals surface area (Å²) in [5.74, 6) is -0.628. The van der Waals surface area contributed by atoms with Crippen LogP contribution >= 0.6 is 0 Å². The average Bonchev–Trinajstić information content (AvgIpc) is 2.80. The molecule has 2 N–H and O–H groups in total. The van der Waals surface area contributed by atoms with Gasteiger partial charge < -0.3 is 15.5 Å². The maximum absolute atomic E-state index is 12.8.